The minimum absolute atomic E-state index is 0.0985. The van der Waals surface area contributed by atoms with Crippen molar-refractivity contribution in [2.75, 3.05) is 60.2 Å². The number of carbonyl (C=O) groups excluding carboxylic acids is 1. The molecule has 3 fully saturated rings. The van der Waals surface area contributed by atoms with Crippen molar-refractivity contribution < 1.29 is 19.0 Å². The smallest absolute Gasteiger partial charge is 0.234 e. The highest BCUT2D eigenvalue weighted by Gasteiger charge is 2.39. The number of rotatable bonds is 8. The van der Waals surface area contributed by atoms with E-state index < -0.39 is 0 Å². The molecule has 178 valence electrons. The van der Waals surface area contributed by atoms with Gasteiger partial charge in [0.2, 0.25) is 5.91 Å². The maximum absolute atomic E-state index is 13.1. The number of hydrogen-bond donors (Lipinski definition) is 1. The number of carbonyl (C=O) groups is 1. The van der Waals surface area contributed by atoms with E-state index in [4.69, 9.17) is 14.2 Å². The molecule has 1 amide bonds. The van der Waals surface area contributed by atoms with Gasteiger partial charge in [-0.25, -0.2) is 0 Å². The fourth-order valence-corrected chi connectivity index (χ4v) is 5.82. The topological polar surface area (TPSA) is 63.3 Å². The number of nitrogens with one attached hydrogen (secondary N) is 1. The van der Waals surface area contributed by atoms with E-state index in [1.807, 2.05) is 12.1 Å². The lowest BCUT2D eigenvalue weighted by Gasteiger charge is -2.48. The Labute approximate surface area is 192 Å². The average Bonchev–Trinajstić information content (AvgIpc) is 3.31. The Bertz CT molecular complexity index is 760. The van der Waals surface area contributed by atoms with E-state index in [0.29, 0.717) is 6.54 Å². The number of morpholine rings is 1. The molecule has 4 rings (SSSR count). The van der Waals surface area contributed by atoms with Crippen molar-refractivity contribution in [3.05, 3.63) is 23.8 Å². The van der Waals surface area contributed by atoms with Crippen LogP contribution in [0.4, 0.5) is 0 Å². The van der Waals surface area contributed by atoms with Gasteiger partial charge >= 0.3 is 0 Å². The van der Waals surface area contributed by atoms with Crippen molar-refractivity contribution in [3.63, 3.8) is 0 Å². The van der Waals surface area contributed by atoms with Crippen LogP contribution < -0.4 is 14.8 Å². The minimum Gasteiger partial charge on any atom is -0.497 e. The molecular formula is C25H39N3O4. The van der Waals surface area contributed by atoms with Crippen molar-refractivity contribution >= 4 is 5.91 Å². The summed E-state index contributed by atoms with van der Waals surface area (Å²) in [6.45, 7) is 5.66. The Kier molecular flexibility index (Phi) is 7.92. The maximum atomic E-state index is 13.1. The molecule has 2 heterocycles. The molecule has 2 aliphatic heterocycles. The lowest BCUT2D eigenvalue weighted by Crippen LogP contribution is -2.60. The predicted molar refractivity (Wildman–Crippen MR) is 124 cm³/mol. The molecule has 1 aromatic carbocycles. The van der Waals surface area contributed by atoms with Gasteiger partial charge in [-0.05, 0) is 38.3 Å². The van der Waals surface area contributed by atoms with Gasteiger partial charge in [-0.3, -0.25) is 14.6 Å². The van der Waals surface area contributed by atoms with Crippen LogP contribution in [0.3, 0.4) is 0 Å². The van der Waals surface area contributed by atoms with Gasteiger partial charge in [0.05, 0.1) is 34.0 Å². The first kappa shape index (κ1) is 23.3. The van der Waals surface area contributed by atoms with Gasteiger partial charge in [0.1, 0.15) is 11.5 Å². The van der Waals surface area contributed by atoms with Crippen LogP contribution in [-0.2, 0) is 9.53 Å². The van der Waals surface area contributed by atoms with Gasteiger partial charge in [0, 0.05) is 42.8 Å². The number of benzene rings is 1. The van der Waals surface area contributed by atoms with E-state index >= 15 is 0 Å². The molecule has 1 N–H and O–H groups in total. The monoisotopic (exact) mass is 445 g/mol. The summed E-state index contributed by atoms with van der Waals surface area (Å²) in [5.74, 6) is 1.74. The molecule has 1 atom stereocenters. The predicted octanol–water partition coefficient (Wildman–Crippen LogP) is 2.99. The molecule has 0 unspecified atom stereocenters. The normalized spacial score (nSPS) is 24.2. The number of likely N-dealkylation sites (tertiary alicyclic amines) is 1. The lowest BCUT2D eigenvalue weighted by molar-refractivity contribution is -0.123. The molecule has 2 saturated heterocycles. The quantitative estimate of drug-likeness (QED) is 0.664. The summed E-state index contributed by atoms with van der Waals surface area (Å²) in [5.41, 5.74) is 1.23. The third-order valence-electron chi connectivity index (χ3n) is 7.59. The van der Waals surface area contributed by atoms with Crippen molar-refractivity contribution in [1.82, 2.24) is 15.1 Å². The first-order valence-corrected chi connectivity index (χ1v) is 12.2. The number of ether oxygens (including phenoxy) is 3. The van der Waals surface area contributed by atoms with E-state index in [2.05, 4.69) is 21.2 Å². The molecule has 0 radical (unpaired) electrons. The molecule has 7 nitrogen and oxygen atoms in total. The van der Waals surface area contributed by atoms with Crippen molar-refractivity contribution in [3.8, 4) is 11.5 Å². The third-order valence-corrected chi connectivity index (χ3v) is 7.59. The minimum atomic E-state index is 0.0985. The third kappa shape index (κ3) is 5.21. The molecule has 0 bridgehead atoms. The van der Waals surface area contributed by atoms with Crippen LogP contribution in [0.15, 0.2) is 18.2 Å². The zero-order valence-corrected chi connectivity index (χ0v) is 19.7. The molecule has 7 heteroatoms. The Hall–Kier alpha value is -1.83. The Morgan fingerprint density at radius 1 is 1.09 bits per heavy atom. The Balaban J connectivity index is 1.38. The van der Waals surface area contributed by atoms with Gasteiger partial charge in [-0.1, -0.05) is 25.3 Å². The maximum Gasteiger partial charge on any atom is 0.234 e. The molecule has 1 aromatic rings. The van der Waals surface area contributed by atoms with E-state index in [0.717, 1.165) is 69.3 Å². The summed E-state index contributed by atoms with van der Waals surface area (Å²) >= 11 is 0. The van der Waals surface area contributed by atoms with E-state index in [9.17, 15) is 4.79 Å². The second kappa shape index (κ2) is 10.9. The zero-order valence-electron chi connectivity index (χ0n) is 19.7. The van der Waals surface area contributed by atoms with Gasteiger partial charge in [0.25, 0.3) is 0 Å². The highest BCUT2D eigenvalue weighted by atomic mass is 16.5. The standard InChI is InChI=1S/C25H39N3O4/c1-30-20-8-9-21(23(17-20)31-2)22-7-6-12-27(22)18-24(29)26-19-25(10-4-3-5-11-25)28-13-15-32-16-14-28/h8-9,17,22H,3-7,10-16,18-19H2,1-2H3,(H,26,29)/t22-/m0/s1. The van der Waals surface area contributed by atoms with Crippen LogP contribution in [-0.4, -0.2) is 81.4 Å². The molecule has 1 aliphatic carbocycles. The zero-order chi connectivity index (χ0) is 22.4. The Morgan fingerprint density at radius 2 is 1.88 bits per heavy atom. The van der Waals surface area contributed by atoms with Crippen LogP contribution in [0.1, 0.15) is 56.6 Å². The van der Waals surface area contributed by atoms with Gasteiger partial charge in [-0.2, -0.15) is 0 Å². The number of amides is 1. The summed E-state index contributed by atoms with van der Waals surface area (Å²) in [5, 5.41) is 3.32. The Morgan fingerprint density at radius 3 is 2.59 bits per heavy atom. The molecule has 3 aliphatic rings. The van der Waals surface area contributed by atoms with Crippen LogP contribution in [0.5, 0.6) is 11.5 Å². The fourth-order valence-electron chi connectivity index (χ4n) is 5.82. The lowest BCUT2D eigenvalue weighted by atomic mass is 9.79. The van der Waals surface area contributed by atoms with E-state index in [1.54, 1.807) is 14.2 Å². The first-order chi connectivity index (χ1) is 15.6. The summed E-state index contributed by atoms with van der Waals surface area (Å²) in [6.07, 6.45) is 8.26. The van der Waals surface area contributed by atoms with Crippen LogP contribution in [0, 0.1) is 0 Å². The van der Waals surface area contributed by atoms with Gasteiger partial charge < -0.3 is 19.5 Å². The second-order valence-electron chi connectivity index (χ2n) is 9.40. The SMILES string of the molecule is COc1ccc([C@@H]2CCCN2CC(=O)NCC2(N3CCOCC3)CCCCC2)c(OC)c1. The van der Waals surface area contributed by atoms with Crippen molar-refractivity contribution in [2.24, 2.45) is 0 Å². The molecule has 0 spiro atoms. The number of hydrogen-bond acceptors (Lipinski definition) is 6. The van der Waals surface area contributed by atoms with Crippen LogP contribution in [0.2, 0.25) is 0 Å². The summed E-state index contributed by atoms with van der Waals surface area (Å²) in [6, 6.07) is 6.18. The molecule has 32 heavy (non-hydrogen) atoms. The van der Waals surface area contributed by atoms with Gasteiger partial charge in [-0.15, -0.1) is 0 Å². The fraction of sp³-hybridized carbons (Fsp3) is 0.720. The highest BCUT2D eigenvalue weighted by molar-refractivity contribution is 5.78. The van der Waals surface area contributed by atoms with Gasteiger partial charge in [0.15, 0.2) is 0 Å². The number of methoxy groups -OCH3 is 2. The molecule has 1 saturated carbocycles. The largest absolute Gasteiger partial charge is 0.497 e. The van der Waals surface area contributed by atoms with E-state index in [-0.39, 0.29) is 17.5 Å². The first-order valence-electron chi connectivity index (χ1n) is 12.2. The molecule has 0 aromatic heterocycles. The van der Waals surface area contributed by atoms with Crippen molar-refractivity contribution in [1.29, 1.82) is 0 Å². The van der Waals surface area contributed by atoms with Crippen LogP contribution in [0.25, 0.3) is 0 Å². The number of nitrogens with zero attached hydrogens (tertiary/aromatic N) is 2. The van der Waals surface area contributed by atoms with Crippen molar-refractivity contribution in [2.45, 2.75) is 56.5 Å². The van der Waals surface area contributed by atoms with Crippen LogP contribution >= 0.6 is 0 Å². The average molecular weight is 446 g/mol. The summed E-state index contributed by atoms with van der Waals surface area (Å²) < 4.78 is 16.6. The second-order valence-corrected chi connectivity index (χ2v) is 9.40. The summed E-state index contributed by atoms with van der Waals surface area (Å²) in [4.78, 5) is 17.9. The molecular weight excluding hydrogens is 406 g/mol. The summed E-state index contributed by atoms with van der Waals surface area (Å²) in [7, 11) is 3.36. The highest BCUT2D eigenvalue weighted by Crippen LogP contribution is 2.38. The van der Waals surface area contributed by atoms with E-state index in [1.165, 1.54) is 32.1 Å².